The van der Waals surface area contributed by atoms with E-state index in [9.17, 15) is 26.3 Å². The van der Waals surface area contributed by atoms with Gasteiger partial charge in [0, 0.05) is 21.2 Å². The first kappa shape index (κ1) is 17.3. The fraction of sp³-hybridized carbons (Fsp3) is 0.143. The zero-order valence-electron chi connectivity index (χ0n) is 11.3. The summed E-state index contributed by atoms with van der Waals surface area (Å²) in [4.78, 5) is -0.746. The molecule has 0 aliphatic heterocycles. The molecule has 0 saturated heterocycles. The maximum atomic E-state index is 13.0. The van der Waals surface area contributed by atoms with Crippen LogP contribution in [-0.4, -0.2) is 0 Å². The lowest BCUT2D eigenvalue weighted by Gasteiger charge is -2.16. The Labute approximate surface area is 131 Å². The normalized spacial score (nSPS) is 12.4. The first-order chi connectivity index (χ1) is 10.5. The predicted octanol–water partition coefficient (Wildman–Crippen LogP) is 5.04. The highest BCUT2D eigenvalue weighted by molar-refractivity contribution is 7.99. The van der Waals surface area contributed by atoms with Gasteiger partial charge in [-0.2, -0.15) is 26.3 Å². The Morgan fingerprint density at radius 1 is 0.652 bits per heavy atom. The molecule has 0 aliphatic carbocycles. The third-order valence-corrected chi connectivity index (χ3v) is 3.99. The van der Waals surface area contributed by atoms with Crippen LogP contribution in [0.2, 0.25) is 0 Å². The van der Waals surface area contributed by atoms with E-state index < -0.39 is 23.5 Å². The molecule has 2 nitrogen and oxygen atoms in total. The molecule has 0 bridgehead atoms. The lowest BCUT2D eigenvalue weighted by molar-refractivity contribution is -0.140. The minimum absolute atomic E-state index is 0.130. The van der Waals surface area contributed by atoms with Gasteiger partial charge in [-0.05, 0) is 36.4 Å². The number of rotatable bonds is 2. The molecule has 0 saturated carbocycles. The molecule has 0 heterocycles. The number of halogens is 6. The fourth-order valence-electron chi connectivity index (χ4n) is 1.83. The molecule has 2 aromatic carbocycles. The van der Waals surface area contributed by atoms with E-state index in [1.54, 1.807) is 0 Å². The lowest BCUT2D eigenvalue weighted by atomic mass is 10.2. The molecule has 0 radical (unpaired) electrons. The van der Waals surface area contributed by atoms with Gasteiger partial charge in [0.05, 0.1) is 11.1 Å². The van der Waals surface area contributed by atoms with Crippen molar-refractivity contribution in [2.45, 2.75) is 22.1 Å². The Morgan fingerprint density at radius 3 is 1.30 bits per heavy atom. The average molecular weight is 352 g/mol. The molecule has 0 aliphatic rings. The van der Waals surface area contributed by atoms with Crippen molar-refractivity contribution in [3.8, 4) is 0 Å². The number of anilines is 2. The van der Waals surface area contributed by atoms with Crippen LogP contribution in [-0.2, 0) is 12.4 Å². The highest BCUT2D eigenvalue weighted by Gasteiger charge is 2.36. The van der Waals surface area contributed by atoms with Crippen LogP contribution in [0.15, 0.2) is 46.2 Å². The van der Waals surface area contributed by atoms with E-state index in [0.29, 0.717) is 23.9 Å². The van der Waals surface area contributed by atoms with Crippen molar-refractivity contribution in [1.29, 1.82) is 0 Å². The number of hydrogen-bond acceptors (Lipinski definition) is 3. The van der Waals surface area contributed by atoms with Crippen molar-refractivity contribution in [3.05, 3.63) is 47.5 Å². The summed E-state index contributed by atoms with van der Waals surface area (Å²) in [7, 11) is 0. The molecule has 124 valence electrons. The molecule has 0 spiro atoms. The Kier molecular flexibility index (Phi) is 4.43. The molecular formula is C14H10F6N2S. The summed E-state index contributed by atoms with van der Waals surface area (Å²) in [5.41, 5.74) is 8.22. The van der Waals surface area contributed by atoms with Gasteiger partial charge in [-0.15, -0.1) is 0 Å². The molecule has 2 aromatic rings. The molecule has 2 rings (SSSR count). The van der Waals surface area contributed by atoms with Crippen molar-refractivity contribution < 1.29 is 26.3 Å². The molecule has 23 heavy (non-hydrogen) atoms. The Hall–Kier alpha value is -2.03. The van der Waals surface area contributed by atoms with Gasteiger partial charge < -0.3 is 11.5 Å². The minimum Gasteiger partial charge on any atom is -0.399 e. The zero-order valence-corrected chi connectivity index (χ0v) is 12.1. The van der Waals surface area contributed by atoms with Crippen LogP contribution in [0.25, 0.3) is 0 Å². The standard InChI is InChI=1S/C14H10F6N2S/c15-13(16,17)9-5-7(21)1-3-11(9)23-12-4-2-8(22)6-10(12)14(18,19)20/h1-6H,21-22H2. The SMILES string of the molecule is Nc1ccc(Sc2ccc(N)cc2C(F)(F)F)c(C(F)(F)F)c1. The number of benzene rings is 2. The highest BCUT2D eigenvalue weighted by Crippen LogP contribution is 2.44. The third kappa shape index (κ3) is 4.04. The highest BCUT2D eigenvalue weighted by atomic mass is 32.2. The smallest absolute Gasteiger partial charge is 0.399 e. The van der Waals surface area contributed by atoms with Crippen molar-refractivity contribution in [1.82, 2.24) is 0 Å². The number of nitrogen functional groups attached to an aromatic ring is 2. The van der Waals surface area contributed by atoms with Gasteiger partial charge in [-0.1, -0.05) is 11.8 Å². The van der Waals surface area contributed by atoms with Crippen LogP contribution >= 0.6 is 11.8 Å². The van der Waals surface area contributed by atoms with Gasteiger partial charge in [-0.3, -0.25) is 0 Å². The second-order valence-electron chi connectivity index (χ2n) is 4.61. The van der Waals surface area contributed by atoms with Crippen LogP contribution in [0.3, 0.4) is 0 Å². The van der Waals surface area contributed by atoms with Gasteiger partial charge in [-0.25, -0.2) is 0 Å². The first-order valence-corrected chi connectivity index (χ1v) is 6.91. The Bertz CT molecular complexity index is 663. The summed E-state index contributed by atoms with van der Waals surface area (Å²) in [6.07, 6.45) is -9.46. The van der Waals surface area contributed by atoms with Gasteiger partial charge >= 0.3 is 12.4 Å². The van der Waals surface area contributed by atoms with Gasteiger partial charge in [0.15, 0.2) is 0 Å². The van der Waals surface area contributed by atoms with E-state index in [-0.39, 0.29) is 21.2 Å². The van der Waals surface area contributed by atoms with E-state index in [1.807, 2.05) is 0 Å². The van der Waals surface area contributed by atoms with E-state index >= 15 is 0 Å². The summed E-state index contributed by atoms with van der Waals surface area (Å²) in [5.74, 6) is 0. The number of hydrogen-bond donors (Lipinski definition) is 2. The minimum atomic E-state index is -4.73. The van der Waals surface area contributed by atoms with Crippen molar-refractivity contribution >= 4 is 23.1 Å². The summed E-state index contributed by atoms with van der Waals surface area (Å²) >= 11 is 0.361. The maximum absolute atomic E-state index is 13.0. The van der Waals surface area contributed by atoms with Gasteiger partial charge in [0.25, 0.3) is 0 Å². The molecule has 0 fully saturated rings. The monoisotopic (exact) mass is 352 g/mol. The van der Waals surface area contributed by atoms with Crippen molar-refractivity contribution in [3.63, 3.8) is 0 Å². The number of nitrogens with two attached hydrogens (primary N) is 2. The fourth-order valence-corrected chi connectivity index (χ4v) is 2.91. The lowest BCUT2D eigenvalue weighted by Crippen LogP contribution is -2.09. The zero-order chi connectivity index (χ0) is 17.4. The Balaban J connectivity index is 2.53. The summed E-state index contributed by atoms with van der Waals surface area (Å²) in [5, 5.41) is 0. The van der Waals surface area contributed by atoms with Crippen LogP contribution < -0.4 is 11.5 Å². The van der Waals surface area contributed by atoms with Gasteiger partial charge in [0.1, 0.15) is 0 Å². The van der Waals surface area contributed by atoms with Crippen LogP contribution in [0.1, 0.15) is 11.1 Å². The van der Waals surface area contributed by atoms with Crippen LogP contribution in [0.4, 0.5) is 37.7 Å². The third-order valence-electron chi connectivity index (χ3n) is 2.84. The molecule has 0 atom stereocenters. The predicted molar refractivity (Wildman–Crippen MR) is 75.8 cm³/mol. The van der Waals surface area contributed by atoms with E-state index in [0.717, 1.165) is 12.1 Å². The van der Waals surface area contributed by atoms with Crippen LogP contribution in [0.5, 0.6) is 0 Å². The van der Waals surface area contributed by atoms with Crippen molar-refractivity contribution in [2.24, 2.45) is 0 Å². The molecule has 0 amide bonds. The molecular weight excluding hydrogens is 342 g/mol. The molecule has 0 unspecified atom stereocenters. The topological polar surface area (TPSA) is 52.0 Å². The van der Waals surface area contributed by atoms with E-state index in [2.05, 4.69) is 0 Å². The van der Waals surface area contributed by atoms with E-state index in [1.165, 1.54) is 12.1 Å². The van der Waals surface area contributed by atoms with E-state index in [4.69, 9.17) is 11.5 Å². The molecule has 4 N–H and O–H groups in total. The summed E-state index contributed by atoms with van der Waals surface area (Å²) in [6, 6.07) is 5.85. The maximum Gasteiger partial charge on any atom is 0.417 e. The number of alkyl halides is 6. The summed E-state index contributed by atoms with van der Waals surface area (Å²) < 4.78 is 78.1. The molecule has 0 aromatic heterocycles. The first-order valence-electron chi connectivity index (χ1n) is 6.10. The second kappa shape index (κ2) is 5.88. The second-order valence-corrected chi connectivity index (χ2v) is 5.69. The quantitative estimate of drug-likeness (QED) is 0.588. The van der Waals surface area contributed by atoms with Crippen LogP contribution in [0, 0.1) is 0 Å². The largest absolute Gasteiger partial charge is 0.417 e. The van der Waals surface area contributed by atoms with Crippen molar-refractivity contribution in [2.75, 3.05) is 11.5 Å². The Morgan fingerprint density at radius 2 is 1.00 bits per heavy atom. The molecule has 9 heteroatoms. The summed E-state index contributed by atoms with van der Waals surface area (Å²) in [6.45, 7) is 0. The van der Waals surface area contributed by atoms with Gasteiger partial charge in [0.2, 0.25) is 0 Å². The average Bonchev–Trinajstić information content (AvgIpc) is 2.40.